The molecule has 0 bridgehead atoms. The Morgan fingerprint density at radius 3 is 2.36 bits per heavy atom. The van der Waals surface area contributed by atoms with Crippen LogP contribution in [0.3, 0.4) is 0 Å². The van der Waals surface area contributed by atoms with E-state index >= 15 is 0 Å². The van der Waals surface area contributed by atoms with Crippen molar-refractivity contribution in [3.63, 3.8) is 0 Å². The summed E-state index contributed by atoms with van der Waals surface area (Å²) in [5, 5.41) is 1.05. The van der Waals surface area contributed by atoms with Crippen LogP contribution in [0.1, 0.15) is 44.4 Å². The number of fused-ring (bicyclic) bond motifs is 1. The van der Waals surface area contributed by atoms with Crippen LogP contribution in [0.25, 0.3) is 11.0 Å². The molecule has 0 spiro atoms. The van der Waals surface area contributed by atoms with Gasteiger partial charge in [0.25, 0.3) is 0 Å². The molecule has 0 aliphatic carbocycles. The summed E-state index contributed by atoms with van der Waals surface area (Å²) in [4.78, 5) is 0.359. The highest BCUT2D eigenvalue weighted by molar-refractivity contribution is 7.89. The quantitative estimate of drug-likeness (QED) is 0.474. The zero-order valence-electron chi connectivity index (χ0n) is 16.9. The zero-order valence-corrected chi connectivity index (χ0v) is 17.7. The molecule has 2 aromatic carbocycles. The van der Waals surface area contributed by atoms with Gasteiger partial charge in [-0.2, -0.15) is 4.31 Å². The molecular weight excluding hydrogens is 370 g/mol. The molecule has 1 heterocycles. The van der Waals surface area contributed by atoms with Crippen LogP contribution >= 0.6 is 0 Å². The highest BCUT2D eigenvalue weighted by Gasteiger charge is 2.31. The molecule has 5 heteroatoms. The van der Waals surface area contributed by atoms with Gasteiger partial charge in [-0.3, -0.25) is 0 Å². The van der Waals surface area contributed by atoms with E-state index in [4.69, 9.17) is 4.42 Å². The average Bonchev–Trinajstić information content (AvgIpc) is 3.08. The number of aryl methyl sites for hydroxylation is 1. The van der Waals surface area contributed by atoms with E-state index in [1.54, 1.807) is 16.4 Å². The highest BCUT2D eigenvalue weighted by atomic mass is 32.2. The van der Waals surface area contributed by atoms with Gasteiger partial charge in [0, 0.05) is 24.4 Å². The second-order valence-corrected chi connectivity index (χ2v) is 9.22. The SMILES string of the molecule is CCC[C@H](Cc1cc2ccccc2o1)N(CCC)S(=O)(=O)c1ccc(C)cc1. The van der Waals surface area contributed by atoms with Crippen LogP contribution in [0.15, 0.2) is 63.9 Å². The Kier molecular flexibility index (Phi) is 6.57. The number of hydrogen-bond acceptors (Lipinski definition) is 3. The summed E-state index contributed by atoms with van der Waals surface area (Å²) >= 11 is 0. The summed E-state index contributed by atoms with van der Waals surface area (Å²) in [6.07, 6.45) is 3.05. The first-order chi connectivity index (χ1) is 13.5. The van der Waals surface area contributed by atoms with Crippen LogP contribution in [0.5, 0.6) is 0 Å². The van der Waals surface area contributed by atoms with E-state index in [0.29, 0.717) is 17.9 Å². The van der Waals surface area contributed by atoms with Gasteiger partial charge in [0.1, 0.15) is 11.3 Å². The predicted molar refractivity (Wildman–Crippen MR) is 114 cm³/mol. The normalized spacial score (nSPS) is 13.3. The van der Waals surface area contributed by atoms with Crippen molar-refractivity contribution in [3.05, 3.63) is 65.9 Å². The molecule has 0 N–H and O–H groups in total. The largest absolute Gasteiger partial charge is 0.461 e. The third kappa shape index (κ3) is 4.47. The van der Waals surface area contributed by atoms with Crippen LogP contribution in [-0.2, 0) is 16.4 Å². The molecule has 3 rings (SSSR count). The van der Waals surface area contributed by atoms with Crippen molar-refractivity contribution < 1.29 is 12.8 Å². The standard InChI is InChI=1S/C23H29NO3S/c1-4-8-20(17-21-16-19-9-6-7-10-23(19)27-21)24(15-5-2)28(25,26)22-13-11-18(3)12-14-22/h6-7,9-14,16,20H,4-5,8,15,17H2,1-3H3/t20-/m1/s1. The minimum absolute atomic E-state index is 0.128. The number of benzene rings is 2. The molecule has 0 saturated heterocycles. The second-order valence-electron chi connectivity index (χ2n) is 7.33. The van der Waals surface area contributed by atoms with Gasteiger partial charge in [0.15, 0.2) is 0 Å². The summed E-state index contributed by atoms with van der Waals surface area (Å²) in [5.41, 5.74) is 1.89. The van der Waals surface area contributed by atoms with E-state index in [1.165, 1.54) is 0 Å². The van der Waals surface area contributed by atoms with Crippen molar-refractivity contribution in [3.8, 4) is 0 Å². The number of hydrogen-bond donors (Lipinski definition) is 0. The fourth-order valence-electron chi connectivity index (χ4n) is 3.62. The Morgan fingerprint density at radius 2 is 1.71 bits per heavy atom. The summed E-state index contributed by atoms with van der Waals surface area (Å²) in [6, 6.07) is 16.9. The minimum Gasteiger partial charge on any atom is -0.461 e. The molecule has 3 aromatic rings. The summed E-state index contributed by atoms with van der Waals surface area (Å²) in [7, 11) is -3.56. The molecule has 28 heavy (non-hydrogen) atoms. The fraction of sp³-hybridized carbons (Fsp3) is 0.391. The average molecular weight is 400 g/mol. The lowest BCUT2D eigenvalue weighted by molar-refractivity contribution is 0.288. The number of rotatable bonds is 9. The molecule has 0 saturated carbocycles. The first-order valence-corrected chi connectivity index (χ1v) is 11.5. The maximum absolute atomic E-state index is 13.4. The van der Waals surface area contributed by atoms with E-state index < -0.39 is 10.0 Å². The molecule has 1 atom stereocenters. The van der Waals surface area contributed by atoms with Gasteiger partial charge in [-0.25, -0.2) is 8.42 Å². The summed E-state index contributed by atoms with van der Waals surface area (Å²) < 4.78 is 34.5. The molecular formula is C23H29NO3S. The van der Waals surface area contributed by atoms with Crippen molar-refractivity contribution in [2.75, 3.05) is 6.54 Å². The van der Waals surface area contributed by atoms with Crippen LogP contribution in [0.4, 0.5) is 0 Å². The van der Waals surface area contributed by atoms with Gasteiger partial charge >= 0.3 is 0 Å². The van der Waals surface area contributed by atoms with Gasteiger partial charge in [0.05, 0.1) is 4.90 Å². The minimum atomic E-state index is -3.56. The van der Waals surface area contributed by atoms with E-state index in [-0.39, 0.29) is 6.04 Å². The van der Waals surface area contributed by atoms with Crippen molar-refractivity contribution in [1.29, 1.82) is 0 Å². The second kappa shape index (κ2) is 8.93. The van der Waals surface area contributed by atoms with Crippen molar-refractivity contribution in [1.82, 2.24) is 4.31 Å². The molecule has 0 unspecified atom stereocenters. The summed E-state index contributed by atoms with van der Waals surface area (Å²) in [6.45, 7) is 6.57. The third-order valence-corrected chi connectivity index (χ3v) is 6.98. The van der Waals surface area contributed by atoms with Gasteiger partial charge in [0.2, 0.25) is 10.0 Å². The Hall–Kier alpha value is -2.11. The molecule has 0 amide bonds. The Balaban J connectivity index is 1.94. The van der Waals surface area contributed by atoms with Gasteiger partial charge in [-0.05, 0) is 44.0 Å². The van der Waals surface area contributed by atoms with Crippen LogP contribution in [0.2, 0.25) is 0 Å². The van der Waals surface area contributed by atoms with Gasteiger partial charge in [-0.1, -0.05) is 56.2 Å². The summed E-state index contributed by atoms with van der Waals surface area (Å²) in [5.74, 6) is 0.833. The fourth-order valence-corrected chi connectivity index (χ4v) is 5.36. The topological polar surface area (TPSA) is 50.5 Å². The lowest BCUT2D eigenvalue weighted by Gasteiger charge is -2.30. The molecule has 0 fully saturated rings. The highest BCUT2D eigenvalue weighted by Crippen LogP contribution is 2.26. The first kappa shape index (κ1) is 20.6. The van der Waals surface area contributed by atoms with Crippen LogP contribution < -0.4 is 0 Å². The number of furan rings is 1. The Labute approximate surface area is 168 Å². The van der Waals surface area contributed by atoms with Crippen molar-refractivity contribution >= 4 is 21.0 Å². The molecule has 150 valence electrons. The Morgan fingerprint density at radius 1 is 1.00 bits per heavy atom. The van der Waals surface area contributed by atoms with Crippen molar-refractivity contribution in [2.45, 2.75) is 57.4 Å². The van der Waals surface area contributed by atoms with Gasteiger partial charge < -0.3 is 4.42 Å². The van der Waals surface area contributed by atoms with E-state index in [0.717, 1.165) is 41.6 Å². The van der Waals surface area contributed by atoms with E-state index in [9.17, 15) is 8.42 Å². The maximum Gasteiger partial charge on any atom is 0.243 e. The van der Waals surface area contributed by atoms with E-state index in [2.05, 4.69) is 6.92 Å². The lowest BCUT2D eigenvalue weighted by atomic mass is 10.1. The third-order valence-electron chi connectivity index (χ3n) is 5.01. The smallest absolute Gasteiger partial charge is 0.243 e. The first-order valence-electron chi connectivity index (χ1n) is 10.0. The molecule has 0 aliphatic heterocycles. The molecule has 0 aliphatic rings. The monoisotopic (exact) mass is 399 g/mol. The van der Waals surface area contributed by atoms with Crippen LogP contribution in [0, 0.1) is 6.92 Å². The lowest BCUT2D eigenvalue weighted by Crippen LogP contribution is -2.42. The maximum atomic E-state index is 13.4. The number of para-hydroxylation sites is 1. The van der Waals surface area contributed by atoms with E-state index in [1.807, 2.05) is 56.3 Å². The predicted octanol–water partition coefficient (Wildman–Crippen LogP) is 5.55. The number of sulfonamides is 1. The zero-order chi connectivity index (χ0) is 20.1. The van der Waals surface area contributed by atoms with Gasteiger partial charge in [-0.15, -0.1) is 0 Å². The molecule has 1 aromatic heterocycles. The molecule has 0 radical (unpaired) electrons. The van der Waals surface area contributed by atoms with Crippen molar-refractivity contribution in [2.24, 2.45) is 0 Å². The van der Waals surface area contributed by atoms with Crippen LogP contribution in [-0.4, -0.2) is 25.3 Å². The molecule has 4 nitrogen and oxygen atoms in total. The Bertz CT molecular complexity index is 973. The number of nitrogens with zero attached hydrogens (tertiary/aromatic N) is 1.